The Bertz CT molecular complexity index is 928. The number of hydrogen-bond donors (Lipinski definition) is 0. The number of aromatic nitrogens is 1. The van der Waals surface area contributed by atoms with Gasteiger partial charge in [0.2, 0.25) is 5.91 Å². The molecule has 7 heteroatoms. The van der Waals surface area contributed by atoms with E-state index in [1.807, 2.05) is 6.07 Å². The van der Waals surface area contributed by atoms with E-state index in [0.717, 1.165) is 10.0 Å². The van der Waals surface area contributed by atoms with Crippen LogP contribution in [-0.4, -0.2) is 17.9 Å². The smallest absolute Gasteiger partial charge is 0.227 e. The maximum atomic E-state index is 13.0. The van der Waals surface area contributed by atoms with Crippen molar-refractivity contribution in [1.82, 2.24) is 4.98 Å². The molecular weight excluding hydrogens is 423 g/mol. The van der Waals surface area contributed by atoms with Crippen LogP contribution in [0, 0.1) is 5.82 Å². The summed E-state index contributed by atoms with van der Waals surface area (Å²) in [5.41, 5.74) is 1.37. The number of carbonyl (C=O) groups is 1. The number of nitrogens with zero attached hydrogens (tertiary/aromatic N) is 2. The summed E-state index contributed by atoms with van der Waals surface area (Å²) in [5.74, 6) is 0.578. The van der Waals surface area contributed by atoms with Gasteiger partial charge >= 0.3 is 0 Å². The minimum atomic E-state index is -0.311. The van der Waals surface area contributed by atoms with Crippen LogP contribution in [0.4, 0.5) is 10.1 Å². The molecule has 0 N–H and O–H groups in total. The lowest BCUT2D eigenvalue weighted by molar-refractivity contribution is -0.118. The minimum absolute atomic E-state index is 0.101. The fraction of sp³-hybridized carbons (Fsp3) is 0.158. The predicted octanol–water partition coefficient (Wildman–Crippen LogP) is 5.49. The lowest BCUT2D eigenvalue weighted by atomic mass is 10.2. The van der Waals surface area contributed by atoms with Crippen molar-refractivity contribution in [3.05, 3.63) is 69.9 Å². The molecule has 0 spiro atoms. The van der Waals surface area contributed by atoms with Crippen molar-refractivity contribution in [1.29, 1.82) is 0 Å². The molecule has 0 fully saturated rings. The number of amides is 1. The van der Waals surface area contributed by atoms with E-state index in [9.17, 15) is 9.18 Å². The van der Waals surface area contributed by atoms with E-state index in [4.69, 9.17) is 16.0 Å². The fourth-order valence-corrected chi connectivity index (χ4v) is 3.24. The molecule has 0 unspecified atom stereocenters. The maximum absolute atomic E-state index is 13.0. The highest BCUT2D eigenvalue weighted by molar-refractivity contribution is 9.10. The third-order valence-corrected chi connectivity index (χ3v) is 4.68. The first-order valence-corrected chi connectivity index (χ1v) is 9.03. The van der Waals surface area contributed by atoms with E-state index in [2.05, 4.69) is 20.9 Å². The van der Waals surface area contributed by atoms with Crippen molar-refractivity contribution < 1.29 is 13.6 Å². The normalized spacial score (nSPS) is 10.8. The monoisotopic (exact) mass is 436 g/mol. The molecule has 1 amide bonds. The molecule has 0 radical (unpaired) electrons. The molecular formula is C19H15BrClFN2O2. The van der Waals surface area contributed by atoms with Crippen LogP contribution in [0.15, 0.2) is 57.6 Å². The summed E-state index contributed by atoms with van der Waals surface area (Å²) in [6.45, 7) is 0. The fourth-order valence-electron chi connectivity index (χ4n) is 2.44. The van der Waals surface area contributed by atoms with Crippen molar-refractivity contribution in [3.8, 4) is 11.3 Å². The first-order chi connectivity index (χ1) is 12.4. The molecule has 0 aliphatic rings. The Kier molecular flexibility index (Phi) is 5.74. The van der Waals surface area contributed by atoms with E-state index in [-0.39, 0.29) is 18.1 Å². The summed E-state index contributed by atoms with van der Waals surface area (Å²) >= 11 is 9.53. The highest BCUT2D eigenvalue weighted by Gasteiger charge is 2.16. The number of benzene rings is 2. The number of anilines is 1. The summed E-state index contributed by atoms with van der Waals surface area (Å²) in [6, 6.07) is 11.3. The number of carbonyl (C=O) groups excluding carboxylic acids is 1. The molecule has 4 nitrogen and oxygen atoms in total. The molecule has 3 aromatic rings. The Morgan fingerprint density at radius 2 is 2.00 bits per heavy atom. The number of halogens is 3. The van der Waals surface area contributed by atoms with Crippen molar-refractivity contribution >= 4 is 39.1 Å². The molecule has 134 valence electrons. The Labute approximate surface area is 163 Å². The third kappa shape index (κ3) is 4.31. The highest BCUT2D eigenvalue weighted by Crippen LogP contribution is 2.29. The molecule has 2 aromatic carbocycles. The zero-order chi connectivity index (χ0) is 18.7. The second kappa shape index (κ2) is 8.01. The van der Waals surface area contributed by atoms with E-state index in [1.165, 1.54) is 17.0 Å². The van der Waals surface area contributed by atoms with Crippen molar-refractivity contribution in [3.63, 3.8) is 0 Å². The molecule has 0 aliphatic carbocycles. The standard InChI is InChI=1S/C19H15BrClFN2O2/c1-24(16-7-4-13(20)10-15(16)21)19(25)9-8-18-23-11-17(26-18)12-2-5-14(22)6-3-12/h2-7,10-11H,8-9H2,1H3. The Morgan fingerprint density at radius 1 is 1.27 bits per heavy atom. The number of oxazole rings is 1. The van der Waals surface area contributed by atoms with Crippen LogP contribution >= 0.6 is 27.5 Å². The Hall–Kier alpha value is -2.18. The van der Waals surface area contributed by atoms with Crippen molar-refractivity contribution in [2.75, 3.05) is 11.9 Å². The van der Waals surface area contributed by atoms with Crippen molar-refractivity contribution in [2.24, 2.45) is 0 Å². The van der Waals surface area contributed by atoms with Gasteiger partial charge in [-0.15, -0.1) is 0 Å². The summed E-state index contributed by atoms with van der Waals surface area (Å²) in [5, 5.41) is 0.491. The van der Waals surface area contributed by atoms with Gasteiger partial charge in [0.1, 0.15) is 5.82 Å². The Balaban J connectivity index is 1.63. The molecule has 1 heterocycles. The molecule has 0 saturated heterocycles. The average molecular weight is 438 g/mol. The van der Waals surface area contributed by atoms with E-state index < -0.39 is 0 Å². The molecule has 3 rings (SSSR count). The van der Waals surface area contributed by atoms with Gasteiger partial charge in [0.25, 0.3) is 0 Å². The molecule has 0 atom stereocenters. The van der Waals surface area contributed by atoms with Crippen LogP contribution in [0.5, 0.6) is 0 Å². The van der Waals surface area contributed by atoms with Crippen LogP contribution in [0.1, 0.15) is 12.3 Å². The quantitative estimate of drug-likeness (QED) is 0.530. The lowest BCUT2D eigenvalue weighted by Gasteiger charge is -2.18. The predicted molar refractivity (Wildman–Crippen MR) is 103 cm³/mol. The topological polar surface area (TPSA) is 46.3 Å². The second-order valence-corrected chi connectivity index (χ2v) is 7.00. The molecule has 0 bridgehead atoms. The van der Waals surface area contributed by atoms with Gasteiger partial charge in [-0.25, -0.2) is 9.37 Å². The zero-order valence-corrected chi connectivity index (χ0v) is 16.2. The summed E-state index contributed by atoms with van der Waals surface area (Å²) in [6.07, 6.45) is 2.16. The van der Waals surface area contributed by atoms with Crippen LogP contribution in [0.2, 0.25) is 5.02 Å². The first kappa shape index (κ1) is 18.6. The van der Waals surface area contributed by atoms with Gasteiger partial charge in [-0.1, -0.05) is 27.5 Å². The molecule has 0 saturated carbocycles. The van der Waals surface area contributed by atoms with Crippen LogP contribution < -0.4 is 4.90 Å². The average Bonchev–Trinajstić information content (AvgIpc) is 3.09. The molecule has 26 heavy (non-hydrogen) atoms. The van der Waals surface area contributed by atoms with Gasteiger partial charge < -0.3 is 9.32 Å². The first-order valence-electron chi connectivity index (χ1n) is 7.86. The third-order valence-electron chi connectivity index (χ3n) is 3.88. The van der Waals surface area contributed by atoms with Crippen LogP contribution in [0.3, 0.4) is 0 Å². The van der Waals surface area contributed by atoms with Gasteiger partial charge in [0.15, 0.2) is 11.7 Å². The number of hydrogen-bond acceptors (Lipinski definition) is 3. The highest BCUT2D eigenvalue weighted by atomic mass is 79.9. The second-order valence-electron chi connectivity index (χ2n) is 5.67. The summed E-state index contributed by atoms with van der Waals surface area (Å²) < 4.78 is 19.5. The lowest BCUT2D eigenvalue weighted by Crippen LogP contribution is -2.26. The van der Waals surface area contributed by atoms with Gasteiger partial charge in [0.05, 0.1) is 16.9 Å². The Morgan fingerprint density at radius 3 is 2.69 bits per heavy atom. The summed E-state index contributed by atoms with van der Waals surface area (Å²) in [4.78, 5) is 18.1. The summed E-state index contributed by atoms with van der Waals surface area (Å²) in [7, 11) is 1.68. The number of rotatable bonds is 5. The van der Waals surface area contributed by atoms with Gasteiger partial charge in [-0.05, 0) is 42.5 Å². The zero-order valence-electron chi connectivity index (χ0n) is 13.9. The van der Waals surface area contributed by atoms with E-state index in [0.29, 0.717) is 28.8 Å². The van der Waals surface area contributed by atoms with Gasteiger partial charge in [0, 0.05) is 29.9 Å². The van der Waals surface area contributed by atoms with Crippen LogP contribution in [0.25, 0.3) is 11.3 Å². The van der Waals surface area contributed by atoms with Gasteiger partial charge in [-0.3, -0.25) is 4.79 Å². The van der Waals surface area contributed by atoms with Crippen LogP contribution in [-0.2, 0) is 11.2 Å². The van der Waals surface area contributed by atoms with E-state index >= 15 is 0 Å². The van der Waals surface area contributed by atoms with E-state index in [1.54, 1.807) is 37.5 Å². The van der Waals surface area contributed by atoms with Gasteiger partial charge in [-0.2, -0.15) is 0 Å². The van der Waals surface area contributed by atoms with Crippen molar-refractivity contribution in [2.45, 2.75) is 12.8 Å². The minimum Gasteiger partial charge on any atom is -0.441 e. The largest absolute Gasteiger partial charge is 0.441 e. The SMILES string of the molecule is CN(C(=O)CCc1ncc(-c2ccc(F)cc2)o1)c1ccc(Br)cc1Cl. The molecule has 1 aromatic heterocycles. The number of aryl methyl sites for hydroxylation is 1. The molecule has 0 aliphatic heterocycles. The maximum Gasteiger partial charge on any atom is 0.227 e.